The first-order valence-corrected chi connectivity index (χ1v) is 7.75. The van der Waals surface area contributed by atoms with Gasteiger partial charge in [-0.25, -0.2) is 0 Å². The first-order valence-electron chi connectivity index (χ1n) is 7.75. The van der Waals surface area contributed by atoms with Crippen LogP contribution in [0.3, 0.4) is 0 Å². The molecule has 7 nitrogen and oxygen atoms in total. The highest BCUT2D eigenvalue weighted by atomic mass is 19.4. The van der Waals surface area contributed by atoms with E-state index in [2.05, 4.69) is 5.32 Å². The molecule has 0 spiro atoms. The van der Waals surface area contributed by atoms with E-state index in [-0.39, 0.29) is 12.1 Å². The Bertz CT molecular complexity index is 689. The molecule has 10 heteroatoms. The van der Waals surface area contributed by atoms with Gasteiger partial charge < -0.3 is 15.0 Å². The molecule has 1 aromatic rings. The number of carbonyl (C=O) groups is 1. The standard InChI is InChI=1S/C15H16F3N3O4/c16-15(17,18)9-1-2-12(20-3-5-25-6-4-20)11(7-9)19-14(22)10-8-13(10)21(23)24/h1-2,7,10,13H,3-6,8H2,(H,19,22)/t10-,13+/m0/s1. The second-order valence-electron chi connectivity index (χ2n) is 6.01. The lowest BCUT2D eigenvalue weighted by molar-refractivity contribution is -0.497. The molecule has 1 saturated carbocycles. The molecule has 0 radical (unpaired) electrons. The van der Waals surface area contributed by atoms with Crippen molar-refractivity contribution in [3.05, 3.63) is 33.9 Å². The van der Waals surface area contributed by atoms with Gasteiger partial charge in [0.2, 0.25) is 11.9 Å². The van der Waals surface area contributed by atoms with Gasteiger partial charge in [0.1, 0.15) is 5.92 Å². The molecule has 2 atom stereocenters. The summed E-state index contributed by atoms with van der Waals surface area (Å²) >= 11 is 0. The summed E-state index contributed by atoms with van der Waals surface area (Å²) in [5, 5.41) is 13.1. The summed E-state index contributed by atoms with van der Waals surface area (Å²) in [6, 6.07) is 2.17. The van der Waals surface area contributed by atoms with Gasteiger partial charge in [0.25, 0.3) is 0 Å². The van der Waals surface area contributed by atoms with Crippen LogP contribution in [0.2, 0.25) is 0 Å². The zero-order valence-corrected chi connectivity index (χ0v) is 13.1. The molecule has 0 bridgehead atoms. The van der Waals surface area contributed by atoms with Gasteiger partial charge in [-0.05, 0) is 18.2 Å². The summed E-state index contributed by atoms with van der Waals surface area (Å²) in [5.74, 6) is -1.43. The topological polar surface area (TPSA) is 84.7 Å². The Morgan fingerprint density at radius 2 is 2.00 bits per heavy atom. The third-order valence-electron chi connectivity index (χ3n) is 4.30. The van der Waals surface area contributed by atoms with Crippen molar-refractivity contribution in [2.24, 2.45) is 5.92 Å². The number of halogens is 3. The average molecular weight is 359 g/mol. The Balaban J connectivity index is 1.85. The van der Waals surface area contributed by atoms with Crippen LogP contribution >= 0.6 is 0 Å². The summed E-state index contributed by atoms with van der Waals surface area (Å²) in [7, 11) is 0. The van der Waals surface area contributed by atoms with Crippen LogP contribution in [-0.2, 0) is 15.7 Å². The lowest BCUT2D eigenvalue weighted by Gasteiger charge is -2.31. The van der Waals surface area contributed by atoms with E-state index in [1.54, 1.807) is 0 Å². The largest absolute Gasteiger partial charge is 0.416 e. The lowest BCUT2D eigenvalue weighted by atomic mass is 10.1. The van der Waals surface area contributed by atoms with Crippen LogP contribution in [0.4, 0.5) is 24.5 Å². The highest BCUT2D eigenvalue weighted by molar-refractivity contribution is 5.97. The Morgan fingerprint density at radius 3 is 2.56 bits per heavy atom. The predicted molar refractivity (Wildman–Crippen MR) is 82.0 cm³/mol. The Hall–Kier alpha value is -2.36. The van der Waals surface area contributed by atoms with E-state index in [1.165, 1.54) is 6.07 Å². The van der Waals surface area contributed by atoms with Gasteiger partial charge >= 0.3 is 6.18 Å². The van der Waals surface area contributed by atoms with E-state index < -0.39 is 34.5 Å². The van der Waals surface area contributed by atoms with E-state index in [9.17, 15) is 28.1 Å². The number of amides is 1. The molecule has 0 aromatic heterocycles. The lowest BCUT2D eigenvalue weighted by Crippen LogP contribution is -2.37. The molecule has 2 aliphatic rings. The van der Waals surface area contributed by atoms with Crippen LogP contribution in [0.5, 0.6) is 0 Å². The molecule has 25 heavy (non-hydrogen) atoms. The van der Waals surface area contributed by atoms with Crippen molar-refractivity contribution in [2.45, 2.75) is 18.6 Å². The monoisotopic (exact) mass is 359 g/mol. The Morgan fingerprint density at radius 1 is 1.32 bits per heavy atom. The molecule has 1 heterocycles. The van der Waals surface area contributed by atoms with Crippen LogP contribution in [0.15, 0.2) is 18.2 Å². The molecule has 1 aliphatic heterocycles. The van der Waals surface area contributed by atoms with Crippen LogP contribution in [0.1, 0.15) is 12.0 Å². The first-order chi connectivity index (χ1) is 11.8. The van der Waals surface area contributed by atoms with E-state index in [0.29, 0.717) is 32.0 Å². The third kappa shape index (κ3) is 3.84. The number of nitrogens with one attached hydrogen (secondary N) is 1. The summed E-state index contributed by atoms with van der Waals surface area (Å²) < 4.78 is 44.2. The van der Waals surface area contributed by atoms with Gasteiger partial charge in [-0.3, -0.25) is 14.9 Å². The van der Waals surface area contributed by atoms with Crippen LogP contribution in [0, 0.1) is 16.0 Å². The number of ether oxygens (including phenoxy) is 1. The number of carbonyl (C=O) groups excluding carboxylic acids is 1. The zero-order chi connectivity index (χ0) is 18.2. The fourth-order valence-corrected chi connectivity index (χ4v) is 2.81. The number of anilines is 2. The summed E-state index contributed by atoms with van der Waals surface area (Å²) in [4.78, 5) is 24.1. The molecule has 1 amide bonds. The number of nitrogens with zero attached hydrogens (tertiary/aromatic N) is 2. The highest BCUT2D eigenvalue weighted by Gasteiger charge is 2.53. The van der Waals surface area contributed by atoms with Crippen molar-refractivity contribution in [1.82, 2.24) is 0 Å². The minimum Gasteiger partial charge on any atom is -0.378 e. The Kier molecular flexibility index (Phi) is 4.55. The molecule has 1 N–H and O–H groups in total. The molecule has 1 saturated heterocycles. The Labute approximate surface area is 140 Å². The summed E-state index contributed by atoms with van der Waals surface area (Å²) in [6.07, 6.45) is -4.45. The molecule has 1 aliphatic carbocycles. The fourth-order valence-electron chi connectivity index (χ4n) is 2.81. The number of hydrogen-bond acceptors (Lipinski definition) is 5. The van der Waals surface area contributed by atoms with Gasteiger partial charge in [-0.2, -0.15) is 13.2 Å². The van der Waals surface area contributed by atoms with Crippen molar-refractivity contribution in [1.29, 1.82) is 0 Å². The highest BCUT2D eigenvalue weighted by Crippen LogP contribution is 2.38. The SMILES string of the molecule is O=C(Nc1cc(C(F)(F)F)ccc1N1CCOCC1)[C@H]1C[C@H]1[N+](=O)[O-]. The van der Waals surface area contributed by atoms with Gasteiger partial charge in [-0.15, -0.1) is 0 Å². The molecule has 3 rings (SSSR count). The minimum atomic E-state index is -4.55. The van der Waals surface area contributed by atoms with Gasteiger partial charge in [0, 0.05) is 24.4 Å². The molecule has 2 fully saturated rings. The van der Waals surface area contributed by atoms with Crippen molar-refractivity contribution < 1.29 is 27.6 Å². The maximum absolute atomic E-state index is 13.0. The molecule has 0 unspecified atom stereocenters. The van der Waals surface area contributed by atoms with Gasteiger partial charge in [0.15, 0.2) is 0 Å². The normalized spacial score (nSPS) is 23.2. The van der Waals surface area contributed by atoms with E-state index >= 15 is 0 Å². The molecule has 1 aromatic carbocycles. The summed E-state index contributed by atoms with van der Waals surface area (Å²) in [6.45, 7) is 1.82. The van der Waals surface area contributed by atoms with Crippen molar-refractivity contribution in [3.63, 3.8) is 0 Å². The van der Waals surface area contributed by atoms with Crippen LogP contribution in [0.25, 0.3) is 0 Å². The second-order valence-corrected chi connectivity index (χ2v) is 6.01. The fraction of sp³-hybridized carbons (Fsp3) is 0.533. The predicted octanol–water partition coefficient (Wildman–Crippen LogP) is 2.15. The molecular formula is C15H16F3N3O4. The molecule has 136 valence electrons. The summed E-state index contributed by atoms with van der Waals surface area (Å²) in [5.41, 5.74) is -0.430. The number of rotatable bonds is 4. The van der Waals surface area contributed by atoms with Crippen molar-refractivity contribution in [3.8, 4) is 0 Å². The number of hydrogen-bond donors (Lipinski definition) is 1. The maximum atomic E-state index is 13.0. The number of morpholine rings is 1. The quantitative estimate of drug-likeness (QED) is 0.658. The number of alkyl halides is 3. The number of benzene rings is 1. The van der Waals surface area contributed by atoms with Crippen molar-refractivity contribution in [2.75, 3.05) is 36.5 Å². The van der Waals surface area contributed by atoms with E-state index in [1.807, 2.05) is 4.90 Å². The van der Waals surface area contributed by atoms with Crippen LogP contribution < -0.4 is 10.2 Å². The van der Waals surface area contributed by atoms with Gasteiger partial charge in [-0.1, -0.05) is 0 Å². The zero-order valence-electron chi connectivity index (χ0n) is 13.1. The smallest absolute Gasteiger partial charge is 0.378 e. The van der Waals surface area contributed by atoms with E-state index in [0.717, 1.165) is 12.1 Å². The van der Waals surface area contributed by atoms with E-state index in [4.69, 9.17) is 4.74 Å². The maximum Gasteiger partial charge on any atom is 0.416 e. The molecular weight excluding hydrogens is 343 g/mol. The van der Waals surface area contributed by atoms with Crippen LogP contribution in [-0.4, -0.2) is 43.2 Å². The first kappa shape index (κ1) is 17.5. The number of nitro groups is 1. The minimum absolute atomic E-state index is 0.00993. The third-order valence-corrected chi connectivity index (χ3v) is 4.30. The van der Waals surface area contributed by atoms with Crippen molar-refractivity contribution >= 4 is 17.3 Å². The second kappa shape index (κ2) is 6.51. The van der Waals surface area contributed by atoms with Gasteiger partial charge in [0.05, 0.1) is 30.2 Å². The average Bonchev–Trinajstić information content (AvgIpc) is 3.36.